The van der Waals surface area contributed by atoms with Gasteiger partial charge in [-0.25, -0.2) is 4.98 Å². The van der Waals surface area contributed by atoms with Crippen LogP contribution in [-0.2, 0) is 16.0 Å². The molecule has 2 rings (SSSR count). The van der Waals surface area contributed by atoms with Crippen molar-refractivity contribution in [2.45, 2.75) is 20.3 Å². The van der Waals surface area contributed by atoms with Crippen molar-refractivity contribution >= 4 is 11.8 Å². The topological polar surface area (TPSA) is 75.4 Å². The fraction of sp³-hybridized carbons (Fsp3) is 0.353. The molecular formula is C17H21N3O3. The van der Waals surface area contributed by atoms with Gasteiger partial charge in [0.15, 0.2) is 0 Å². The summed E-state index contributed by atoms with van der Waals surface area (Å²) in [6.45, 7) is 4.20. The minimum Gasteiger partial charge on any atom is -0.441 e. The molecule has 2 amide bonds. The van der Waals surface area contributed by atoms with E-state index in [1.54, 1.807) is 14.0 Å². The molecule has 6 nitrogen and oxygen atoms in total. The second kappa shape index (κ2) is 7.58. The predicted octanol–water partition coefficient (Wildman–Crippen LogP) is 1.79. The number of hydrogen-bond donors (Lipinski definition) is 1. The number of oxazole rings is 1. The van der Waals surface area contributed by atoms with Crippen molar-refractivity contribution in [3.8, 4) is 11.5 Å². The number of nitrogens with one attached hydrogen (secondary N) is 1. The van der Waals surface area contributed by atoms with Gasteiger partial charge in [0, 0.05) is 19.2 Å². The molecule has 0 saturated heterocycles. The molecule has 0 bridgehead atoms. The van der Waals surface area contributed by atoms with Gasteiger partial charge in [0.25, 0.3) is 0 Å². The monoisotopic (exact) mass is 315 g/mol. The minimum absolute atomic E-state index is 0.0368. The van der Waals surface area contributed by atoms with E-state index in [2.05, 4.69) is 10.3 Å². The first-order chi connectivity index (χ1) is 11.0. The van der Waals surface area contributed by atoms with Gasteiger partial charge in [-0.15, -0.1) is 0 Å². The van der Waals surface area contributed by atoms with E-state index < -0.39 is 0 Å². The van der Waals surface area contributed by atoms with Crippen LogP contribution in [0.3, 0.4) is 0 Å². The van der Waals surface area contributed by atoms with Gasteiger partial charge in [-0.2, -0.15) is 0 Å². The lowest BCUT2D eigenvalue weighted by Gasteiger charge is -2.15. The highest BCUT2D eigenvalue weighted by Gasteiger charge is 2.18. The summed E-state index contributed by atoms with van der Waals surface area (Å²) >= 11 is 0. The standard InChI is InChI=1S/C17H21N3O3/c1-4-18-15(21)11-20(3)16(22)10-14-12(2)23-17(19-14)13-8-6-5-7-9-13/h5-9H,4,10-11H2,1-3H3,(H,18,21). The molecule has 122 valence electrons. The largest absolute Gasteiger partial charge is 0.441 e. The Balaban J connectivity index is 2.04. The summed E-state index contributed by atoms with van der Waals surface area (Å²) in [5, 5.41) is 2.67. The number of hydrogen-bond acceptors (Lipinski definition) is 4. The van der Waals surface area contributed by atoms with Crippen LogP contribution in [0, 0.1) is 6.92 Å². The molecule has 0 aliphatic heterocycles. The quantitative estimate of drug-likeness (QED) is 0.882. The number of aromatic nitrogens is 1. The molecule has 2 aromatic rings. The van der Waals surface area contributed by atoms with Gasteiger partial charge in [-0.3, -0.25) is 9.59 Å². The van der Waals surface area contributed by atoms with E-state index in [-0.39, 0.29) is 24.8 Å². The maximum Gasteiger partial charge on any atom is 0.239 e. The normalized spacial score (nSPS) is 10.4. The number of amides is 2. The Labute approximate surface area is 135 Å². The molecule has 0 unspecified atom stereocenters. The van der Waals surface area contributed by atoms with E-state index in [1.165, 1.54) is 4.90 Å². The highest BCUT2D eigenvalue weighted by atomic mass is 16.4. The average molecular weight is 315 g/mol. The molecular weight excluding hydrogens is 294 g/mol. The summed E-state index contributed by atoms with van der Waals surface area (Å²) < 4.78 is 5.64. The predicted molar refractivity (Wildman–Crippen MR) is 86.7 cm³/mol. The van der Waals surface area contributed by atoms with Crippen molar-refractivity contribution in [2.24, 2.45) is 0 Å². The van der Waals surface area contributed by atoms with Crippen LogP contribution in [0.1, 0.15) is 18.4 Å². The maximum absolute atomic E-state index is 12.2. The Morgan fingerprint density at radius 1 is 1.26 bits per heavy atom. The number of aryl methyl sites for hydroxylation is 1. The molecule has 1 aromatic heterocycles. The van der Waals surface area contributed by atoms with Gasteiger partial charge in [0.2, 0.25) is 17.7 Å². The Morgan fingerprint density at radius 3 is 2.61 bits per heavy atom. The van der Waals surface area contributed by atoms with Crippen LogP contribution in [0.2, 0.25) is 0 Å². The van der Waals surface area contributed by atoms with Crippen LogP contribution in [-0.4, -0.2) is 41.8 Å². The van der Waals surface area contributed by atoms with Crippen LogP contribution >= 0.6 is 0 Å². The summed E-state index contributed by atoms with van der Waals surface area (Å²) in [7, 11) is 1.60. The third-order valence-corrected chi connectivity index (χ3v) is 3.41. The summed E-state index contributed by atoms with van der Waals surface area (Å²) in [4.78, 5) is 29.5. The zero-order valence-electron chi connectivity index (χ0n) is 13.6. The lowest BCUT2D eigenvalue weighted by molar-refractivity contribution is -0.134. The van der Waals surface area contributed by atoms with Gasteiger partial charge in [0.05, 0.1) is 18.7 Å². The van der Waals surface area contributed by atoms with E-state index in [9.17, 15) is 9.59 Å². The Morgan fingerprint density at radius 2 is 1.96 bits per heavy atom. The van der Waals surface area contributed by atoms with Gasteiger partial charge < -0.3 is 14.6 Å². The Bertz CT molecular complexity index is 680. The number of rotatable bonds is 6. The van der Waals surface area contributed by atoms with Crippen molar-refractivity contribution in [3.05, 3.63) is 41.8 Å². The van der Waals surface area contributed by atoms with E-state index in [0.717, 1.165) is 5.56 Å². The maximum atomic E-state index is 12.2. The molecule has 0 spiro atoms. The average Bonchev–Trinajstić information content (AvgIpc) is 2.89. The Kier molecular flexibility index (Phi) is 5.51. The van der Waals surface area contributed by atoms with Gasteiger partial charge in [-0.1, -0.05) is 18.2 Å². The van der Waals surface area contributed by atoms with Crippen LogP contribution in [0.25, 0.3) is 11.5 Å². The summed E-state index contributed by atoms with van der Waals surface area (Å²) in [5.41, 5.74) is 1.46. The van der Waals surface area contributed by atoms with Crippen molar-refractivity contribution in [1.82, 2.24) is 15.2 Å². The smallest absolute Gasteiger partial charge is 0.239 e. The molecule has 6 heteroatoms. The van der Waals surface area contributed by atoms with Crippen molar-refractivity contribution in [1.29, 1.82) is 0 Å². The number of carbonyl (C=O) groups excluding carboxylic acids is 2. The minimum atomic E-state index is -0.176. The van der Waals surface area contributed by atoms with E-state index >= 15 is 0 Å². The fourth-order valence-electron chi connectivity index (χ4n) is 2.13. The molecule has 0 fully saturated rings. The summed E-state index contributed by atoms with van der Waals surface area (Å²) in [6, 6.07) is 9.52. The van der Waals surface area contributed by atoms with Crippen molar-refractivity contribution in [3.63, 3.8) is 0 Å². The molecule has 0 aliphatic carbocycles. The number of nitrogens with zero attached hydrogens (tertiary/aromatic N) is 2. The molecule has 0 atom stereocenters. The lowest BCUT2D eigenvalue weighted by atomic mass is 10.2. The third-order valence-electron chi connectivity index (χ3n) is 3.41. The zero-order valence-corrected chi connectivity index (χ0v) is 13.6. The summed E-state index contributed by atoms with van der Waals surface area (Å²) in [6.07, 6.45) is 0.109. The van der Waals surface area contributed by atoms with Crippen LogP contribution in [0.5, 0.6) is 0 Å². The number of benzene rings is 1. The molecule has 23 heavy (non-hydrogen) atoms. The second-order valence-electron chi connectivity index (χ2n) is 5.27. The molecule has 1 N–H and O–H groups in total. The van der Waals surface area contributed by atoms with Gasteiger partial charge in [-0.05, 0) is 26.0 Å². The van der Waals surface area contributed by atoms with Crippen LogP contribution < -0.4 is 5.32 Å². The summed E-state index contributed by atoms with van der Waals surface area (Å²) in [5.74, 6) is 0.762. The molecule has 0 radical (unpaired) electrons. The van der Waals surface area contributed by atoms with E-state index in [0.29, 0.717) is 23.9 Å². The van der Waals surface area contributed by atoms with Gasteiger partial charge >= 0.3 is 0 Å². The highest BCUT2D eigenvalue weighted by molar-refractivity contribution is 5.85. The first-order valence-corrected chi connectivity index (χ1v) is 7.53. The Hall–Kier alpha value is -2.63. The van der Waals surface area contributed by atoms with Crippen molar-refractivity contribution < 1.29 is 14.0 Å². The molecule has 1 aromatic carbocycles. The zero-order chi connectivity index (χ0) is 16.8. The van der Waals surface area contributed by atoms with Crippen LogP contribution in [0.4, 0.5) is 0 Å². The lowest BCUT2D eigenvalue weighted by Crippen LogP contribution is -2.39. The van der Waals surface area contributed by atoms with E-state index in [1.807, 2.05) is 37.3 Å². The molecule has 1 heterocycles. The number of carbonyl (C=O) groups is 2. The first-order valence-electron chi connectivity index (χ1n) is 7.53. The highest BCUT2D eigenvalue weighted by Crippen LogP contribution is 2.21. The van der Waals surface area contributed by atoms with Crippen LogP contribution in [0.15, 0.2) is 34.7 Å². The fourth-order valence-corrected chi connectivity index (χ4v) is 2.13. The van der Waals surface area contributed by atoms with Gasteiger partial charge in [0.1, 0.15) is 5.76 Å². The first kappa shape index (κ1) is 16.7. The second-order valence-corrected chi connectivity index (χ2v) is 5.27. The number of likely N-dealkylation sites (N-methyl/N-ethyl adjacent to an activating group) is 2. The SMILES string of the molecule is CCNC(=O)CN(C)C(=O)Cc1nc(-c2ccccc2)oc1C. The molecule has 0 saturated carbocycles. The van der Waals surface area contributed by atoms with E-state index in [4.69, 9.17) is 4.42 Å². The molecule has 0 aliphatic rings. The van der Waals surface area contributed by atoms with Crippen molar-refractivity contribution in [2.75, 3.05) is 20.1 Å². The third kappa shape index (κ3) is 4.42.